The number of nitrogens with two attached hydrogens (primary N) is 1. The van der Waals surface area contributed by atoms with Crippen LogP contribution in [-0.2, 0) is 0 Å². The molecule has 0 aliphatic rings. The van der Waals surface area contributed by atoms with Crippen molar-refractivity contribution in [1.29, 1.82) is 0 Å². The van der Waals surface area contributed by atoms with E-state index in [1.807, 2.05) is 6.92 Å². The molecule has 6 nitrogen and oxygen atoms in total. The van der Waals surface area contributed by atoms with E-state index in [4.69, 9.17) is 5.84 Å². The van der Waals surface area contributed by atoms with Crippen LogP contribution in [0.25, 0.3) is 0 Å². The van der Waals surface area contributed by atoms with Crippen molar-refractivity contribution in [3.05, 3.63) is 47.2 Å². The predicted molar refractivity (Wildman–Crippen MR) is 73.7 cm³/mol. The Morgan fingerprint density at radius 3 is 2.70 bits per heavy atom. The molecule has 1 amide bonds. The summed E-state index contributed by atoms with van der Waals surface area (Å²) in [5.74, 6) is 3.55. The lowest BCUT2D eigenvalue weighted by Crippen LogP contribution is -2.18. The second-order valence-corrected chi connectivity index (χ2v) is 4.21. The number of hydrogen-bond donors (Lipinski definition) is 3. The second-order valence-electron chi connectivity index (χ2n) is 4.21. The smallest absolute Gasteiger partial charge is 0.258 e. The average Bonchev–Trinajstić information content (AvgIpc) is 2.42. The maximum absolute atomic E-state index is 13.9. The van der Waals surface area contributed by atoms with E-state index in [0.29, 0.717) is 11.4 Å². The number of halogens is 1. The van der Waals surface area contributed by atoms with Crippen molar-refractivity contribution in [2.24, 2.45) is 5.84 Å². The third kappa shape index (κ3) is 2.72. The molecule has 0 fully saturated rings. The fourth-order valence-corrected chi connectivity index (χ4v) is 1.73. The van der Waals surface area contributed by atoms with Gasteiger partial charge in [0.15, 0.2) is 11.6 Å². The highest BCUT2D eigenvalue weighted by Crippen LogP contribution is 2.18. The Morgan fingerprint density at radius 2 is 2.05 bits per heavy atom. The number of rotatable bonds is 3. The zero-order valence-electron chi connectivity index (χ0n) is 11.1. The van der Waals surface area contributed by atoms with E-state index in [9.17, 15) is 9.18 Å². The SMILES string of the molecule is Cc1ccc(NC(=O)c2ccnc(NN)c2F)c(C)n1. The van der Waals surface area contributed by atoms with E-state index in [-0.39, 0.29) is 11.4 Å². The van der Waals surface area contributed by atoms with Crippen LogP contribution in [-0.4, -0.2) is 15.9 Å². The number of hydrazine groups is 1. The van der Waals surface area contributed by atoms with Crippen LogP contribution in [0.5, 0.6) is 0 Å². The van der Waals surface area contributed by atoms with E-state index >= 15 is 0 Å². The quantitative estimate of drug-likeness (QED) is 0.586. The highest BCUT2D eigenvalue weighted by atomic mass is 19.1. The van der Waals surface area contributed by atoms with Crippen LogP contribution in [0, 0.1) is 19.7 Å². The van der Waals surface area contributed by atoms with E-state index in [1.54, 1.807) is 19.1 Å². The number of aromatic nitrogens is 2. The molecule has 20 heavy (non-hydrogen) atoms. The zero-order valence-corrected chi connectivity index (χ0v) is 11.1. The molecule has 104 valence electrons. The summed E-state index contributed by atoms with van der Waals surface area (Å²) in [5.41, 5.74) is 3.97. The molecule has 0 spiro atoms. The fourth-order valence-electron chi connectivity index (χ4n) is 1.73. The average molecular weight is 275 g/mol. The number of carbonyl (C=O) groups excluding carboxylic acids is 1. The zero-order chi connectivity index (χ0) is 14.7. The van der Waals surface area contributed by atoms with Crippen molar-refractivity contribution < 1.29 is 9.18 Å². The Morgan fingerprint density at radius 1 is 1.30 bits per heavy atom. The van der Waals surface area contributed by atoms with Gasteiger partial charge in [-0.15, -0.1) is 0 Å². The molecule has 0 saturated heterocycles. The van der Waals surface area contributed by atoms with E-state index in [2.05, 4.69) is 20.7 Å². The molecule has 0 aromatic carbocycles. The molecule has 4 N–H and O–H groups in total. The summed E-state index contributed by atoms with van der Waals surface area (Å²) in [4.78, 5) is 20.0. The van der Waals surface area contributed by atoms with Gasteiger partial charge in [-0.05, 0) is 32.0 Å². The normalized spacial score (nSPS) is 10.2. The summed E-state index contributed by atoms with van der Waals surface area (Å²) in [5, 5.41) is 2.61. The van der Waals surface area contributed by atoms with Gasteiger partial charge in [0.2, 0.25) is 0 Å². The molecular weight excluding hydrogens is 261 g/mol. The number of nitrogens with zero attached hydrogens (tertiary/aromatic N) is 2. The van der Waals surface area contributed by atoms with Crippen LogP contribution in [0.3, 0.4) is 0 Å². The van der Waals surface area contributed by atoms with Crippen LogP contribution >= 0.6 is 0 Å². The first-order valence-electron chi connectivity index (χ1n) is 5.89. The molecule has 7 heteroatoms. The molecule has 0 aliphatic heterocycles. The molecule has 0 saturated carbocycles. The van der Waals surface area contributed by atoms with Gasteiger partial charge in [-0.2, -0.15) is 0 Å². The summed E-state index contributed by atoms with van der Waals surface area (Å²) in [6.07, 6.45) is 1.30. The first-order valence-corrected chi connectivity index (χ1v) is 5.89. The van der Waals surface area contributed by atoms with E-state index < -0.39 is 11.7 Å². The summed E-state index contributed by atoms with van der Waals surface area (Å²) in [6.45, 7) is 3.61. The first-order chi connectivity index (χ1) is 9.52. The maximum Gasteiger partial charge on any atom is 0.258 e. The molecule has 0 unspecified atom stereocenters. The number of hydrogen-bond acceptors (Lipinski definition) is 5. The third-order valence-electron chi connectivity index (χ3n) is 2.74. The van der Waals surface area contributed by atoms with Crippen molar-refractivity contribution in [3.8, 4) is 0 Å². The summed E-state index contributed by atoms with van der Waals surface area (Å²) >= 11 is 0. The molecule has 2 aromatic heterocycles. The Balaban J connectivity index is 2.28. The molecule has 0 aliphatic carbocycles. The van der Waals surface area contributed by atoms with Gasteiger partial charge < -0.3 is 10.7 Å². The van der Waals surface area contributed by atoms with Crippen molar-refractivity contribution >= 4 is 17.4 Å². The third-order valence-corrected chi connectivity index (χ3v) is 2.74. The standard InChI is InChI=1S/C13H14FN5O/c1-7-3-4-10(8(2)17-7)18-13(20)9-5-6-16-12(19-15)11(9)14/h3-6H,15H2,1-2H3,(H,16,19)(H,18,20). The van der Waals surface area contributed by atoms with Gasteiger partial charge in [-0.25, -0.2) is 15.2 Å². The molecule has 0 atom stereocenters. The molecule has 2 heterocycles. The number of nitrogen functional groups attached to an aromatic ring is 1. The number of amides is 1. The van der Waals surface area contributed by atoms with Crippen LogP contribution in [0.4, 0.5) is 15.9 Å². The highest BCUT2D eigenvalue weighted by molar-refractivity contribution is 6.05. The van der Waals surface area contributed by atoms with Crippen LogP contribution in [0.1, 0.15) is 21.7 Å². The van der Waals surface area contributed by atoms with Crippen molar-refractivity contribution in [1.82, 2.24) is 9.97 Å². The number of pyridine rings is 2. The van der Waals surface area contributed by atoms with Crippen molar-refractivity contribution in [3.63, 3.8) is 0 Å². The molecule has 0 radical (unpaired) electrons. The largest absolute Gasteiger partial charge is 0.320 e. The summed E-state index contributed by atoms with van der Waals surface area (Å²) in [7, 11) is 0. The molecule has 2 aromatic rings. The minimum Gasteiger partial charge on any atom is -0.320 e. The maximum atomic E-state index is 13.9. The molecule has 2 rings (SSSR count). The second kappa shape index (κ2) is 5.62. The summed E-state index contributed by atoms with van der Waals surface area (Å²) < 4.78 is 13.9. The lowest BCUT2D eigenvalue weighted by atomic mass is 10.2. The van der Waals surface area contributed by atoms with Gasteiger partial charge in [0.05, 0.1) is 16.9 Å². The van der Waals surface area contributed by atoms with E-state index in [0.717, 1.165) is 5.69 Å². The van der Waals surface area contributed by atoms with Crippen LogP contribution in [0.2, 0.25) is 0 Å². The minimum absolute atomic E-state index is 0.145. The Labute approximate surface area is 115 Å². The number of nitrogens with one attached hydrogen (secondary N) is 2. The first kappa shape index (κ1) is 13.9. The van der Waals surface area contributed by atoms with E-state index in [1.165, 1.54) is 12.3 Å². The van der Waals surface area contributed by atoms with Crippen LogP contribution < -0.4 is 16.6 Å². The Hall–Kier alpha value is -2.54. The predicted octanol–water partition coefficient (Wildman–Crippen LogP) is 1.77. The topological polar surface area (TPSA) is 92.9 Å². The minimum atomic E-state index is -0.801. The van der Waals surface area contributed by atoms with Crippen LogP contribution in [0.15, 0.2) is 24.4 Å². The van der Waals surface area contributed by atoms with Gasteiger partial charge in [0.1, 0.15) is 0 Å². The Bertz CT molecular complexity index is 659. The lowest BCUT2D eigenvalue weighted by Gasteiger charge is -2.10. The van der Waals surface area contributed by atoms with Gasteiger partial charge >= 0.3 is 0 Å². The fraction of sp³-hybridized carbons (Fsp3) is 0.154. The number of anilines is 2. The van der Waals surface area contributed by atoms with Crippen molar-refractivity contribution in [2.75, 3.05) is 10.7 Å². The number of carbonyl (C=O) groups is 1. The van der Waals surface area contributed by atoms with Gasteiger partial charge in [-0.3, -0.25) is 9.78 Å². The molecular formula is C13H14FN5O. The van der Waals surface area contributed by atoms with Gasteiger partial charge in [0, 0.05) is 11.9 Å². The van der Waals surface area contributed by atoms with Gasteiger partial charge in [0.25, 0.3) is 5.91 Å². The number of aryl methyl sites for hydroxylation is 2. The Kier molecular flexibility index (Phi) is 3.90. The lowest BCUT2D eigenvalue weighted by molar-refractivity contribution is 0.102. The van der Waals surface area contributed by atoms with Crippen molar-refractivity contribution in [2.45, 2.75) is 13.8 Å². The monoisotopic (exact) mass is 275 g/mol. The van der Waals surface area contributed by atoms with Gasteiger partial charge in [-0.1, -0.05) is 0 Å². The highest BCUT2D eigenvalue weighted by Gasteiger charge is 2.16. The molecule has 0 bridgehead atoms. The summed E-state index contributed by atoms with van der Waals surface area (Å²) in [6, 6.07) is 4.76.